The fraction of sp³-hybridized carbons (Fsp3) is 0.385. The molecule has 0 atom stereocenters. The lowest BCUT2D eigenvalue weighted by Crippen LogP contribution is -2.35. The highest BCUT2D eigenvalue weighted by Crippen LogP contribution is 2.15. The van der Waals surface area contributed by atoms with Gasteiger partial charge >= 0.3 is 6.09 Å². The van der Waals surface area contributed by atoms with E-state index >= 15 is 0 Å². The van der Waals surface area contributed by atoms with E-state index in [9.17, 15) is 14.4 Å². The van der Waals surface area contributed by atoms with Gasteiger partial charge in [-0.15, -0.1) is 0 Å². The summed E-state index contributed by atoms with van der Waals surface area (Å²) >= 11 is 1.10. The molecule has 0 N–H and O–H groups in total. The highest BCUT2D eigenvalue weighted by atomic mass is 32.2. The Morgan fingerprint density at radius 3 is 2.59 bits per heavy atom. The number of aldehydes is 1. The molecule has 0 saturated heterocycles. The zero-order valence-electron chi connectivity index (χ0n) is 12.5. The molecule has 0 aromatic carbocycles. The van der Waals surface area contributed by atoms with Crippen molar-refractivity contribution in [3.8, 4) is 0 Å². The van der Waals surface area contributed by atoms with Crippen molar-refractivity contribution in [3.05, 3.63) is 22.2 Å². The Morgan fingerprint density at radius 1 is 1.36 bits per heavy atom. The summed E-state index contributed by atoms with van der Waals surface area (Å²) in [5.41, 5.74) is -1.59. The molecule has 0 aliphatic rings. The Bertz CT molecular complexity index is 810. The minimum atomic E-state index is -0.852. The van der Waals surface area contributed by atoms with Crippen molar-refractivity contribution in [2.24, 2.45) is 0 Å². The molecule has 0 bridgehead atoms. The Morgan fingerprint density at radius 2 is 2.05 bits per heavy atom. The van der Waals surface area contributed by atoms with Crippen LogP contribution in [0.4, 0.5) is 4.79 Å². The zero-order chi connectivity index (χ0) is 16.5. The van der Waals surface area contributed by atoms with Gasteiger partial charge in [0.2, 0.25) is 0 Å². The number of fused-ring (bicyclic) bond motifs is 1. The van der Waals surface area contributed by atoms with Crippen LogP contribution >= 0.6 is 11.8 Å². The van der Waals surface area contributed by atoms with Crippen LogP contribution in [0.25, 0.3) is 11.2 Å². The largest absolute Gasteiger partial charge is 0.443 e. The van der Waals surface area contributed by atoms with Gasteiger partial charge in [0.05, 0.1) is 6.20 Å². The minimum Gasteiger partial charge on any atom is -0.443 e. The molecular formula is C13H14N4O4S. The second-order valence-corrected chi connectivity index (χ2v) is 6.08. The molecule has 22 heavy (non-hydrogen) atoms. The molecule has 0 amide bonds. The molecule has 0 saturated carbocycles. The third-order valence-electron chi connectivity index (χ3n) is 2.45. The lowest BCUT2D eigenvalue weighted by atomic mass is 10.2. The van der Waals surface area contributed by atoms with Crippen LogP contribution in [-0.2, 0) is 4.74 Å². The number of ether oxygens (including phenoxy) is 1. The number of hydrogen-bond donors (Lipinski definition) is 0. The highest BCUT2D eigenvalue weighted by Gasteiger charge is 2.24. The summed E-state index contributed by atoms with van der Waals surface area (Å²) in [5, 5.41) is 0.139. The van der Waals surface area contributed by atoms with Crippen molar-refractivity contribution in [1.29, 1.82) is 0 Å². The fourth-order valence-electron chi connectivity index (χ4n) is 1.62. The van der Waals surface area contributed by atoms with Crippen LogP contribution in [0, 0.1) is 0 Å². The number of nitrogens with zero attached hydrogens (tertiary/aromatic N) is 4. The third-order valence-corrected chi connectivity index (χ3v) is 3.09. The summed E-state index contributed by atoms with van der Waals surface area (Å²) in [6.45, 7) is 5.06. The van der Waals surface area contributed by atoms with Gasteiger partial charge in [-0.1, -0.05) is 11.8 Å². The predicted molar refractivity (Wildman–Crippen MR) is 80.4 cm³/mol. The summed E-state index contributed by atoms with van der Waals surface area (Å²) in [6, 6.07) is 0. The molecule has 2 aromatic rings. The second kappa shape index (κ2) is 5.84. The first-order valence-corrected chi connectivity index (χ1v) is 7.51. The van der Waals surface area contributed by atoms with Crippen LogP contribution in [0.15, 0.2) is 16.1 Å². The number of carbonyl (C=O) groups excluding carboxylic acids is 2. The van der Waals surface area contributed by atoms with E-state index in [4.69, 9.17) is 4.74 Å². The Hall–Kier alpha value is -2.29. The van der Waals surface area contributed by atoms with Gasteiger partial charge in [-0.3, -0.25) is 9.59 Å². The Kier molecular flexibility index (Phi) is 4.27. The molecular weight excluding hydrogens is 308 g/mol. The topological polar surface area (TPSA) is 104 Å². The molecule has 2 aromatic heterocycles. The highest BCUT2D eigenvalue weighted by molar-refractivity contribution is 7.98. The van der Waals surface area contributed by atoms with Gasteiger partial charge in [0.25, 0.3) is 5.56 Å². The quantitative estimate of drug-likeness (QED) is 0.465. The average Bonchev–Trinajstić information content (AvgIpc) is 2.44. The van der Waals surface area contributed by atoms with E-state index in [0.29, 0.717) is 6.29 Å². The first-order chi connectivity index (χ1) is 10.3. The van der Waals surface area contributed by atoms with Crippen LogP contribution in [0.1, 0.15) is 31.3 Å². The van der Waals surface area contributed by atoms with E-state index < -0.39 is 17.3 Å². The van der Waals surface area contributed by atoms with Gasteiger partial charge < -0.3 is 4.74 Å². The normalized spacial score (nSPS) is 11.5. The van der Waals surface area contributed by atoms with E-state index in [1.165, 1.54) is 6.20 Å². The molecule has 0 aliphatic heterocycles. The van der Waals surface area contributed by atoms with Gasteiger partial charge in [-0.25, -0.2) is 19.7 Å². The number of thioether (sulfide) groups is 1. The molecule has 116 valence electrons. The minimum absolute atomic E-state index is 0.0148. The third kappa shape index (κ3) is 3.14. The molecule has 0 unspecified atom stereocenters. The monoisotopic (exact) mass is 322 g/mol. The first kappa shape index (κ1) is 16.1. The van der Waals surface area contributed by atoms with E-state index in [2.05, 4.69) is 15.0 Å². The van der Waals surface area contributed by atoms with Gasteiger partial charge in [-0.05, 0) is 27.0 Å². The molecule has 2 rings (SSSR count). The molecule has 8 nitrogen and oxygen atoms in total. The van der Waals surface area contributed by atoms with E-state index in [1.54, 1.807) is 27.0 Å². The molecule has 9 heteroatoms. The lowest BCUT2D eigenvalue weighted by Gasteiger charge is -2.20. The number of rotatable bonds is 2. The summed E-state index contributed by atoms with van der Waals surface area (Å²) in [6.07, 6.45) is 2.49. The van der Waals surface area contributed by atoms with Crippen molar-refractivity contribution in [1.82, 2.24) is 19.5 Å². The van der Waals surface area contributed by atoms with Gasteiger partial charge in [0.15, 0.2) is 22.6 Å². The summed E-state index contributed by atoms with van der Waals surface area (Å²) < 4.78 is 6.00. The standard InChI is InChI=1S/C13H14N4O4S/c1-13(2,3)21-12(20)17-10(19)8-9(16-11(17)22-4)14-5-7(6-18)15-8/h5-6H,1-4H3. The van der Waals surface area contributed by atoms with E-state index in [-0.39, 0.29) is 22.0 Å². The number of aromatic nitrogens is 4. The second-order valence-electron chi connectivity index (χ2n) is 5.30. The maximum absolute atomic E-state index is 12.5. The van der Waals surface area contributed by atoms with E-state index in [0.717, 1.165) is 16.3 Å². The van der Waals surface area contributed by atoms with Crippen LogP contribution in [0.3, 0.4) is 0 Å². The van der Waals surface area contributed by atoms with Gasteiger partial charge in [0.1, 0.15) is 11.3 Å². The molecule has 0 spiro atoms. The Labute approximate surface area is 129 Å². The van der Waals surface area contributed by atoms with Gasteiger partial charge in [-0.2, -0.15) is 4.57 Å². The maximum atomic E-state index is 12.5. The summed E-state index contributed by atoms with van der Waals surface area (Å²) in [7, 11) is 0. The van der Waals surface area contributed by atoms with E-state index in [1.807, 2.05) is 0 Å². The average molecular weight is 322 g/mol. The maximum Gasteiger partial charge on any atom is 0.423 e. The Balaban J connectivity index is 2.71. The van der Waals surface area contributed by atoms with Crippen molar-refractivity contribution < 1.29 is 14.3 Å². The van der Waals surface area contributed by atoms with Crippen LogP contribution < -0.4 is 5.56 Å². The first-order valence-electron chi connectivity index (χ1n) is 6.29. The predicted octanol–water partition coefficient (Wildman–Crippen LogP) is 1.50. The molecule has 0 aliphatic carbocycles. The molecule has 0 radical (unpaired) electrons. The summed E-state index contributed by atoms with van der Waals surface area (Å²) in [5.74, 6) is 0. The van der Waals surface area contributed by atoms with Crippen LogP contribution in [-0.4, -0.2) is 43.8 Å². The van der Waals surface area contributed by atoms with Crippen molar-refractivity contribution in [2.75, 3.05) is 6.26 Å². The van der Waals surface area contributed by atoms with Crippen LogP contribution in [0.5, 0.6) is 0 Å². The van der Waals surface area contributed by atoms with Crippen molar-refractivity contribution in [3.63, 3.8) is 0 Å². The molecule has 0 fully saturated rings. The summed E-state index contributed by atoms with van der Waals surface area (Å²) in [4.78, 5) is 47.4. The lowest BCUT2D eigenvalue weighted by molar-refractivity contribution is 0.0513. The van der Waals surface area contributed by atoms with Crippen molar-refractivity contribution >= 4 is 35.3 Å². The molecule has 2 heterocycles. The number of hydrogen-bond acceptors (Lipinski definition) is 8. The SMILES string of the molecule is CSc1nc2ncc(C=O)nc2c(=O)n1C(=O)OC(C)(C)C. The van der Waals surface area contributed by atoms with Crippen molar-refractivity contribution in [2.45, 2.75) is 31.5 Å². The van der Waals surface area contributed by atoms with Gasteiger partial charge in [0, 0.05) is 0 Å². The van der Waals surface area contributed by atoms with Crippen LogP contribution in [0.2, 0.25) is 0 Å². The smallest absolute Gasteiger partial charge is 0.423 e. The number of carbonyl (C=O) groups is 2. The fourth-order valence-corrected chi connectivity index (χ4v) is 2.14. The zero-order valence-corrected chi connectivity index (χ0v) is 13.3.